The highest BCUT2D eigenvalue weighted by atomic mass is 16.2. The number of hydrogen-bond acceptors (Lipinski definition) is 4. The van der Waals surface area contributed by atoms with Crippen LogP contribution in [0.25, 0.3) is 0 Å². The zero-order chi connectivity index (χ0) is 13.0. The average molecular weight is 248 g/mol. The van der Waals surface area contributed by atoms with Gasteiger partial charge >= 0.3 is 0 Å². The molecule has 2 rings (SSSR count). The Balaban J connectivity index is 2.14. The first kappa shape index (κ1) is 12.7. The predicted molar refractivity (Wildman–Crippen MR) is 72.8 cm³/mol. The molecule has 1 saturated heterocycles. The molecular weight excluding hydrogens is 228 g/mol. The van der Waals surface area contributed by atoms with Gasteiger partial charge < -0.3 is 15.5 Å². The molecule has 0 spiro atoms. The summed E-state index contributed by atoms with van der Waals surface area (Å²) < 4.78 is 0. The molecule has 0 aliphatic carbocycles. The molecule has 0 aromatic carbocycles. The third-order valence-corrected chi connectivity index (χ3v) is 3.08. The quantitative estimate of drug-likeness (QED) is 0.841. The fourth-order valence-corrected chi connectivity index (χ4v) is 2.03. The number of nitrogens with zero attached hydrogens (tertiary/aromatic N) is 2. The number of amides is 1. The maximum Gasteiger partial charge on any atom is 0.242 e. The van der Waals surface area contributed by atoms with Gasteiger partial charge in [0.25, 0.3) is 0 Å². The number of hydrogen-bond donors (Lipinski definition) is 2. The van der Waals surface area contributed by atoms with Crippen molar-refractivity contribution in [2.45, 2.75) is 26.3 Å². The number of carbonyl (C=O) groups excluding carboxylic acids is 1. The van der Waals surface area contributed by atoms with Crippen LogP contribution < -0.4 is 15.5 Å². The van der Waals surface area contributed by atoms with E-state index in [1.165, 1.54) is 0 Å². The minimum atomic E-state index is -0.160. The molecule has 5 heteroatoms. The largest absolute Gasteiger partial charge is 0.370 e. The molecule has 0 bridgehead atoms. The van der Waals surface area contributed by atoms with E-state index in [9.17, 15) is 4.79 Å². The Morgan fingerprint density at radius 1 is 1.56 bits per heavy atom. The monoisotopic (exact) mass is 248 g/mol. The number of rotatable bonds is 4. The number of aromatic nitrogens is 1. The first-order valence-corrected chi connectivity index (χ1v) is 6.47. The van der Waals surface area contributed by atoms with Crippen molar-refractivity contribution < 1.29 is 4.79 Å². The second-order valence-corrected chi connectivity index (χ2v) is 4.47. The van der Waals surface area contributed by atoms with E-state index in [0.29, 0.717) is 6.54 Å². The molecule has 1 atom stereocenters. The third kappa shape index (κ3) is 2.72. The zero-order valence-electron chi connectivity index (χ0n) is 10.9. The summed E-state index contributed by atoms with van der Waals surface area (Å²) in [5.41, 5.74) is 0. The molecule has 1 amide bonds. The third-order valence-electron chi connectivity index (χ3n) is 3.08. The molecule has 0 saturated carbocycles. The van der Waals surface area contributed by atoms with E-state index in [4.69, 9.17) is 0 Å². The van der Waals surface area contributed by atoms with Gasteiger partial charge in [-0.25, -0.2) is 4.98 Å². The van der Waals surface area contributed by atoms with Gasteiger partial charge in [0.15, 0.2) is 0 Å². The first-order chi connectivity index (χ1) is 8.72. The minimum Gasteiger partial charge on any atom is -0.370 e. The van der Waals surface area contributed by atoms with E-state index < -0.39 is 0 Å². The van der Waals surface area contributed by atoms with E-state index in [1.54, 1.807) is 0 Å². The summed E-state index contributed by atoms with van der Waals surface area (Å²) in [7, 11) is 0. The van der Waals surface area contributed by atoms with Crippen LogP contribution in [-0.4, -0.2) is 36.6 Å². The molecule has 98 valence electrons. The fraction of sp³-hybridized carbons (Fsp3) is 0.538. The Hall–Kier alpha value is -1.78. The first-order valence-electron chi connectivity index (χ1n) is 6.47. The maximum absolute atomic E-state index is 11.6. The van der Waals surface area contributed by atoms with Gasteiger partial charge in [0.05, 0.1) is 0 Å². The second-order valence-electron chi connectivity index (χ2n) is 4.47. The highest BCUT2D eigenvalue weighted by molar-refractivity contribution is 5.85. The normalized spacial score (nSPS) is 19.6. The predicted octanol–water partition coefficient (Wildman–Crippen LogP) is 1.23. The van der Waals surface area contributed by atoms with Gasteiger partial charge in [0.2, 0.25) is 5.91 Å². The lowest BCUT2D eigenvalue weighted by Gasteiger charge is -2.33. The van der Waals surface area contributed by atoms with Gasteiger partial charge in [0, 0.05) is 19.6 Å². The fourth-order valence-electron chi connectivity index (χ4n) is 2.03. The molecule has 0 radical (unpaired) electrons. The SMILES string of the molecule is CCCNc1cccc(N2CCNC(=O)C2C)n1. The van der Waals surface area contributed by atoms with Crippen molar-refractivity contribution in [3.8, 4) is 0 Å². The van der Waals surface area contributed by atoms with Gasteiger partial charge in [-0.05, 0) is 25.5 Å². The van der Waals surface area contributed by atoms with Crippen molar-refractivity contribution in [3.05, 3.63) is 18.2 Å². The summed E-state index contributed by atoms with van der Waals surface area (Å²) in [4.78, 5) is 18.2. The number of piperazine rings is 1. The number of anilines is 2. The molecule has 1 aliphatic heterocycles. The smallest absolute Gasteiger partial charge is 0.242 e. The van der Waals surface area contributed by atoms with E-state index in [-0.39, 0.29) is 11.9 Å². The van der Waals surface area contributed by atoms with Gasteiger partial charge in [-0.3, -0.25) is 4.79 Å². The Morgan fingerprint density at radius 3 is 3.17 bits per heavy atom. The Labute approximate surface area is 108 Å². The van der Waals surface area contributed by atoms with Crippen molar-refractivity contribution in [1.29, 1.82) is 0 Å². The van der Waals surface area contributed by atoms with Gasteiger partial charge in [-0.2, -0.15) is 0 Å². The summed E-state index contributed by atoms with van der Waals surface area (Å²) in [5.74, 6) is 1.79. The summed E-state index contributed by atoms with van der Waals surface area (Å²) in [6.07, 6.45) is 1.06. The summed E-state index contributed by atoms with van der Waals surface area (Å²) in [6, 6.07) is 5.72. The Kier molecular flexibility index (Phi) is 4.02. The van der Waals surface area contributed by atoms with Crippen LogP contribution in [0, 0.1) is 0 Å². The molecule has 18 heavy (non-hydrogen) atoms. The maximum atomic E-state index is 11.6. The van der Waals surface area contributed by atoms with Crippen LogP contribution in [0.2, 0.25) is 0 Å². The molecule has 1 aromatic heterocycles. The molecular formula is C13H20N4O. The van der Waals surface area contributed by atoms with Crippen LogP contribution >= 0.6 is 0 Å². The second kappa shape index (κ2) is 5.71. The topological polar surface area (TPSA) is 57.3 Å². The van der Waals surface area contributed by atoms with Crippen molar-refractivity contribution in [1.82, 2.24) is 10.3 Å². The molecule has 1 unspecified atom stereocenters. The van der Waals surface area contributed by atoms with Crippen LogP contribution in [0.3, 0.4) is 0 Å². The number of carbonyl (C=O) groups is 1. The van der Waals surface area contributed by atoms with Gasteiger partial charge in [0.1, 0.15) is 17.7 Å². The summed E-state index contributed by atoms with van der Waals surface area (Å²) in [6.45, 7) is 6.41. The van der Waals surface area contributed by atoms with E-state index in [1.807, 2.05) is 30.0 Å². The minimum absolute atomic E-state index is 0.0648. The van der Waals surface area contributed by atoms with Crippen molar-refractivity contribution in [2.75, 3.05) is 29.9 Å². The van der Waals surface area contributed by atoms with Crippen LogP contribution in [0.15, 0.2) is 18.2 Å². The van der Waals surface area contributed by atoms with E-state index in [0.717, 1.165) is 31.1 Å². The zero-order valence-corrected chi connectivity index (χ0v) is 10.9. The van der Waals surface area contributed by atoms with Crippen LogP contribution in [-0.2, 0) is 4.79 Å². The molecule has 2 heterocycles. The van der Waals surface area contributed by atoms with E-state index >= 15 is 0 Å². The molecule has 1 fully saturated rings. The van der Waals surface area contributed by atoms with Crippen LogP contribution in [0.5, 0.6) is 0 Å². The lowest BCUT2D eigenvalue weighted by Crippen LogP contribution is -2.54. The molecule has 1 aliphatic rings. The lowest BCUT2D eigenvalue weighted by atomic mass is 10.2. The Bertz CT molecular complexity index is 421. The number of pyridine rings is 1. The highest BCUT2D eigenvalue weighted by Crippen LogP contribution is 2.18. The molecule has 2 N–H and O–H groups in total. The van der Waals surface area contributed by atoms with Gasteiger partial charge in [-0.15, -0.1) is 0 Å². The van der Waals surface area contributed by atoms with Gasteiger partial charge in [-0.1, -0.05) is 13.0 Å². The van der Waals surface area contributed by atoms with E-state index in [2.05, 4.69) is 22.5 Å². The summed E-state index contributed by atoms with van der Waals surface area (Å²) in [5, 5.41) is 6.12. The molecule has 1 aromatic rings. The Morgan fingerprint density at radius 2 is 2.39 bits per heavy atom. The van der Waals surface area contributed by atoms with Crippen molar-refractivity contribution >= 4 is 17.5 Å². The molecule has 5 nitrogen and oxygen atoms in total. The average Bonchev–Trinajstić information content (AvgIpc) is 2.40. The van der Waals surface area contributed by atoms with Crippen LogP contribution in [0.4, 0.5) is 11.6 Å². The van der Waals surface area contributed by atoms with Crippen LogP contribution in [0.1, 0.15) is 20.3 Å². The number of nitrogens with one attached hydrogen (secondary N) is 2. The standard InChI is InChI=1S/C13H20N4O/c1-3-7-14-11-5-4-6-12(16-11)17-9-8-15-13(18)10(17)2/h4-6,10H,3,7-9H2,1-2H3,(H,14,16)(H,15,18). The lowest BCUT2D eigenvalue weighted by molar-refractivity contribution is -0.122. The highest BCUT2D eigenvalue weighted by Gasteiger charge is 2.26. The summed E-state index contributed by atoms with van der Waals surface area (Å²) >= 11 is 0. The van der Waals surface area contributed by atoms with Crippen molar-refractivity contribution in [3.63, 3.8) is 0 Å². The van der Waals surface area contributed by atoms with Crippen molar-refractivity contribution in [2.24, 2.45) is 0 Å².